The third-order valence-corrected chi connectivity index (χ3v) is 4.72. The van der Waals surface area contributed by atoms with Crippen LogP contribution in [0.1, 0.15) is 32.3 Å². The standard InChI is InChI=1S/C16H24N2/c1-12-9-10-17-11-16(12)18-13(2)7-8-14-5-3-4-6-15(14)18/h3-6,12-13,16-17H,7-11H2,1-2H3. The van der Waals surface area contributed by atoms with Crippen molar-refractivity contribution in [2.75, 3.05) is 18.0 Å². The molecule has 0 aliphatic carbocycles. The van der Waals surface area contributed by atoms with Gasteiger partial charge >= 0.3 is 0 Å². The van der Waals surface area contributed by atoms with Crippen LogP contribution in [0.2, 0.25) is 0 Å². The number of rotatable bonds is 1. The molecule has 0 radical (unpaired) electrons. The molecule has 98 valence electrons. The summed E-state index contributed by atoms with van der Waals surface area (Å²) in [5, 5.41) is 3.57. The van der Waals surface area contributed by atoms with Gasteiger partial charge in [-0.25, -0.2) is 0 Å². The zero-order chi connectivity index (χ0) is 12.5. The molecule has 0 saturated carbocycles. The Labute approximate surface area is 110 Å². The van der Waals surface area contributed by atoms with Crippen LogP contribution in [0.25, 0.3) is 0 Å². The lowest BCUT2D eigenvalue weighted by Gasteiger charge is -2.46. The van der Waals surface area contributed by atoms with Gasteiger partial charge in [0.15, 0.2) is 0 Å². The van der Waals surface area contributed by atoms with Crippen LogP contribution in [0.4, 0.5) is 5.69 Å². The highest BCUT2D eigenvalue weighted by Crippen LogP contribution is 2.34. The SMILES string of the molecule is CC1CCNCC1N1c2ccccc2CCC1C. The first kappa shape index (κ1) is 12.0. The Hall–Kier alpha value is -1.02. The van der Waals surface area contributed by atoms with Gasteiger partial charge in [0.2, 0.25) is 0 Å². The zero-order valence-corrected chi connectivity index (χ0v) is 11.5. The third kappa shape index (κ3) is 2.03. The average Bonchev–Trinajstić information content (AvgIpc) is 2.40. The van der Waals surface area contributed by atoms with Crippen molar-refractivity contribution in [1.82, 2.24) is 5.32 Å². The van der Waals surface area contributed by atoms with Gasteiger partial charge in [0.25, 0.3) is 0 Å². The van der Waals surface area contributed by atoms with Crippen molar-refractivity contribution in [3.05, 3.63) is 29.8 Å². The van der Waals surface area contributed by atoms with E-state index in [0.717, 1.165) is 12.5 Å². The molecule has 1 N–H and O–H groups in total. The largest absolute Gasteiger partial charge is 0.364 e. The Morgan fingerprint density at radius 2 is 2.00 bits per heavy atom. The number of nitrogens with zero attached hydrogens (tertiary/aromatic N) is 1. The maximum atomic E-state index is 3.57. The first-order valence-corrected chi connectivity index (χ1v) is 7.34. The molecule has 2 heteroatoms. The lowest BCUT2D eigenvalue weighted by atomic mass is 9.88. The van der Waals surface area contributed by atoms with Crippen molar-refractivity contribution in [2.45, 2.75) is 45.2 Å². The molecule has 18 heavy (non-hydrogen) atoms. The smallest absolute Gasteiger partial charge is 0.0443 e. The lowest BCUT2D eigenvalue weighted by molar-refractivity contribution is 0.308. The molecule has 1 saturated heterocycles. The Balaban J connectivity index is 1.94. The van der Waals surface area contributed by atoms with Crippen LogP contribution in [-0.4, -0.2) is 25.2 Å². The summed E-state index contributed by atoms with van der Waals surface area (Å²) in [5.41, 5.74) is 3.02. The first-order valence-electron chi connectivity index (χ1n) is 7.34. The highest BCUT2D eigenvalue weighted by Gasteiger charge is 2.33. The van der Waals surface area contributed by atoms with Crippen molar-refractivity contribution in [1.29, 1.82) is 0 Å². The molecule has 0 amide bonds. The van der Waals surface area contributed by atoms with E-state index >= 15 is 0 Å². The fraction of sp³-hybridized carbons (Fsp3) is 0.625. The number of para-hydroxylation sites is 1. The molecule has 0 aromatic heterocycles. The number of hydrogen-bond donors (Lipinski definition) is 1. The van der Waals surface area contributed by atoms with Crippen LogP contribution in [0.15, 0.2) is 24.3 Å². The molecule has 2 heterocycles. The van der Waals surface area contributed by atoms with Crippen LogP contribution >= 0.6 is 0 Å². The second-order valence-electron chi connectivity index (χ2n) is 5.96. The quantitative estimate of drug-likeness (QED) is 0.817. The maximum absolute atomic E-state index is 3.57. The minimum atomic E-state index is 0.662. The van der Waals surface area contributed by atoms with Crippen LogP contribution < -0.4 is 10.2 Å². The van der Waals surface area contributed by atoms with Gasteiger partial charge in [-0.3, -0.25) is 0 Å². The number of benzene rings is 1. The van der Waals surface area contributed by atoms with Gasteiger partial charge in [0, 0.05) is 24.3 Å². The van der Waals surface area contributed by atoms with E-state index < -0.39 is 0 Å². The lowest BCUT2D eigenvalue weighted by Crippen LogP contribution is -2.55. The third-order valence-electron chi connectivity index (χ3n) is 4.72. The van der Waals surface area contributed by atoms with E-state index in [2.05, 4.69) is 48.3 Å². The van der Waals surface area contributed by atoms with Gasteiger partial charge in [0.05, 0.1) is 0 Å². The van der Waals surface area contributed by atoms with E-state index in [1.54, 1.807) is 0 Å². The van der Waals surface area contributed by atoms with Gasteiger partial charge in [0.1, 0.15) is 0 Å². The molecular weight excluding hydrogens is 220 g/mol. The van der Waals surface area contributed by atoms with Crippen molar-refractivity contribution in [3.63, 3.8) is 0 Å². The summed E-state index contributed by atoms with van der Waals surface area (Å²) in [6.45, 7) is 7.12. The van der Waals surface area contributed by atoms with E-state index in [4.69, 9.17) is 0 Å². The normalized spacial score (nSPS) is 32.1. The molecule has 0 bridgehead atoms. The van der Waals surface area contributed by atoms with Crippen LogP contribution in [-0.2, 0) is 6.42 Å². The Morgan fingerprint density at radius 1 is 1.17 bits per heavy atom. The molecular formula is C16H24N2. The van der Waals surface area contributed by atoms with Crippen molar-refractivity contribution in [2.24, 2.45) is 5.92 Å². The monoisotopic (exact) mass is 244 g/mol. The summed E-state index contributed by atoms with van der Waals surface area (Å²) < 4.78 is 0. The summed E-state index contributed by atoms with van der Waals surface area (Å²) in [7, 11) is 0. The Morgan fingerprint density at radius 3 is 2.83 bits per heavy atom. The zero-order valence-electron chi connectivity index (χ0n) is 11.5. The second-order valence-corrected chi connectivity index (χ2v) is 5.96. The highest BCUT2D eigenvalue weighted by molar-refractivity contribution is 5.57. The van der Waals surface area contributed by atoms with Crippen LogP contribution in [0, 0.1) is 5.92 Å². The Bertz CT molecular complexity index is 415. The number of hydrogen-bond acceptors (Lipinski definition) is 2. The number of anilines is 1. The molecule has 1 aromatic carbocycles. The van der Waals surface area contributed by atoms with E-state index in [9.17, 15) is 0 Å². The summed E-state index contributed by atoms with van der Waals surface area (Å²) >= 11 is 0. The number of piperidine rings is 1. The minimum absolute atomic E-state index is 0.662. The van der Waals surface area contributed by atoms with Gasteiger partial charge in [-0.05, 0) is 50.3 Å². The topological polar surface area (TPSA) is 15.3 Å². The fourth-order valence-corrected chi connectivity index (χ4v) is 3.57. The fourth-order valence-electron chi connectivity index (χ4n) is 3.57. The van der Waals surface area contributed by atoms with E-state index in [1.807, 2.05) is 0 Å². The summed E-state index contributed by atoms with van der Waals surface area (Å²) in [4.78, 5) is 2.69. The first-order chi connectivity index (χ1) is 8.77. The van der Waals surface area contributed by atoms with E-state index in [1.165, 1.54) is 37.1 Å². The number of nitrogens with one attached hydrogen (secondary N) is 1. The molecule has 3 atom stereocenters. The molecule has 2 aliphatic rings. The Kier molecular flexibility index (Phi) is 3.29. The van der Waals surface area contributed by atoms with Gasteiger partial charge in [-0.15, -0.1) is 0 Å². The maximum Gasteiger partial charge on any atom is 0.0443 e. The van der Waals surface area contributed by atoms with Gasteiger partial charge in [-0.1, -0.05) is 25.1 Å². The van der Waals surface area contributed by atoms with Crippen molar-refractivity contribution in [3.8, 4) is 0 Å². The van der Waals surface area contributed by atoms with Crippen LogP contribution in [0.3, 0.4) is 0 Å². The molecule has 3 unspecified atom stereocenters. The molecule has 2 aliphatic heterocycles. The summed E-state index contributed by atoms with van der Waals surface area (Å²) in [5.74, 6) is 0.792. The highest BCUT2D eigenvalue weighted by atomic mass is 15.2. The van der Waals surface area contributed by atoms with Crippen LogP contribution in [0.5, 0.6) is 0 Å². The predicted octanol–water partition coefficient (Wildman–Crippen LogP) is 2.83. The minimum Gasteiger partial charge on any atom is -0.364 e. The average molecular weight is 244 g/mol. The molecule has 2 nitrogen and oxygen atoms in total. The van der Waals surface area contributed by atoms with Crippen molar-refractivity contribution >= 4 is 5.69 Å². The molecule has 0 spiro atoms. The van der Waals surface area contributed by atoms with Crippen molar-refractivity contribution < 1.29 is 0 Å². The predicted molar refractivity (Wildman–Crippen MR) is 77.1 cm³/mol. The summed E-state index contributed by atoms with van der Waals surface area (Å²) in [6.07, 6.45) is 3.83. The van der Waals surface area contributed by atoms with Gasteiger partial charge in [-0.2, -0.15) is 0 Å². The van der Waals surface area contributed by atoms with E-state index in [0.29, 0.717) is 12.1 Å². The number of fused-ring (bicyclic) bond motifs is 1. The molecule has 1 aromatic rings. The molecule has 1 fully saturated rings. The van der Waals surface area contributed by atoms with Gasteiger partial charge < -0.3 is 10.2 Å². The summed E-state index contributed by atoms with van der Waals surface area (Å²) in [6, 6.07) is 10.3. The number of aryl methyl sites for hydroxylation is 1. The van der Waals surface area contributed by atoms with E-state index in [-0.39, 0.29) is 0 Å². The molecule has 3 rings (SSSR count). The second kappa shape index (κ2) is 4.93.